The molecule has 0 amide bonds. The van der Waals surface area contributed by atoms with Crippen molar-refractivity contribution in [3.05, 3.63) is 0 Å². The molecule has 0 aromatic heterocycles. The predicted molar refractivity (Wildman–Crippen MR) is 59.5 cm³/mol. The van der Waals surface area contributed by atoms with Crippen molar-refractivity contribution < 1.29 is 28.7 Å². The molecule has 10 nitrogen and oxygen atoms in total. The Labute approximate surface area is 102 Å². The van der Waals surface area contributed by atoms with Crippen LogP contribution in [0.15, 0.2) is 10.3 Å². The van der Waals surface area contributed by atoms with Crippen molar-refractivity contribution in [1.29, 1.82) is 0 Å². The average molecular weight is 262 g/mol. The van der Waals surface area contributed by atoms with Crippen molar-refractivity contribution in [3.63, 3.8) is 0 Å². The van der Waals surface area contributed by atoms with Gasteiger partial charge >= 0.3 is 12.3 Å². The number of amidine groups is 2. The van der Waals surface area contributed by atoms with Crippen LogP contribution in [0.1, 0.15) is 13.8 Å². The Morgan fingerprint density at radius 2 is 1.22 bits per heavy atom. The third-order valence-corrected chi connectivity index (χ3v) is 1.22. The molecular formula is C8H14N4O6. The fourth-order valence-electron chi connectivity index (χ4n) is 0.555. The number of nitrogens with two attached hydrogens (primary N) is 2. The van der Waals surface area contributed by atoms with Gasteiger partial charge in [0.1, 0.15) is 0 Å². The molecule has 0 aromatic rings. The van der Waals surface area contributed by atoms with Crippen LogP contribution in [0, 0.1) is 0 Å². The predicted octanol–water partition coefficient (Wildman–Crippen LogP) is -0.123. The lowest BCUT2D eigenvalue weighted by Crippen LogP contribution is -2.32. The summed E-state index contributed by atoms with van der Waals surface area (Å²) in [6.45, 7) is 3.39. The van der Waals surface area contributed by atoms with Crippen LogP contribution in [0.2, 0.25) is 0 Å². The Morgan fingerprint density at radius 3 is 1.50 bits per heavy atom. The van der Waals surface area contributed by atoms with Crippen LogP contribution in [-0.2, 0) is 19.1 Å². The van der Waals surface area contributed by atoms with Crippen LogP contribution < -0.4 is 11.5 Å². The fourth-order valence-corrected chi connectivity index (χ4v) is 0.555. The first-order chi connectivity index (χ1) is 8.51. The first-order valence-electron chi connectivity index (χ1n) is 4.86. The second kappa shape index (κ2) is 8.61. The van der Waals surface area contributed by atoms with Crippen LogP contribution in [0.4, 0.5) is 9.59 Å². The minimum Gasteiger partial charge on any atom is -0.433 e. The van der Waals surface area contributed by atoms with E-state index in [0.717, 1.165) is 0 Å². The number of rotatable bonds is 4. The molecule has 0 rings (SSSR count). The number of carbonyl (C=O) groups excluding carboxylic acids is 2. The summed E-state index contributed by atoms with van der Waals surface area (Å²) in [5.41, 5.74) is 10.5. The Bertz CT molecular complexity index is 319. The topological polar surface area (TPSA) is 148 Å². The van der Waals surface area contributed by atoms with Gasteiger partial charge < -0.3 is 20.9 Å². The van der Waals surface area contributed by atoms with E-state index in [1.54, 1.807) is 13.8 Å². The van der Waals surface area contributed by atoms with Crippen LogP contribution in [-0.4, -0.2) is 37.2 Å². The van der Waals surface area contributed by atoms with E-state index in [-0.39, 0.29) is 13.2 Å². The zero-order valence-corrected chi connectivity index (χ0v) is 9.91. The Balaban J connectivity index is 4.26. The highest BCUT2D eigenvalue weighted by Gasteiger charge is 2.07. The first-order valence-corrected chi connectivity index (χ1v) is 4.86. The zero-order chi connectivity index (χ0) is 14.0. The van der Waals surface area contributed by atoms with Gasteiger partial charge in [-0.1, -0.05) is 10.3 Å². The van der Waals surface area contributed by atoms with E-state index in [4.69, 9.17) is 11.5 Å². The molecule has 0 spiro atoms. The summed E-state index contributed by atoms with van der Waals surface area (Å²) in [5.74, 6) is -0.931. The Kier molecular flexibility index (Phi) is 7.41. The van der Waals surface area contributed by atoms with Crippen LogP contribution in [0.3, 0.4) is 0 Å². The highest BCUT2D eigenvalue weighted by atomic mass is 16.8. The molecule has 0 unspecified atom stereocenters. The highest BCUT2D eigenvalue weighted by molar-refractivity contribution is 6.39. The van der Waals surface area contributed by atoms with Crippen molar-refractivity contribution >= 4 is 24.0 Å². The van der Waals surface area contributed by atoms with Gasteiger partial charge in [-0.2, -0.15) is 0 Å². The normalized spacial score (nSPS) is 11.7. The van der Waals surface area contributed by atoms with Crippen molar-refractivity contribution in [3.8, 4) is 0 Å². The van der Waals surface area contributed by atoms with Gasteiger partial charge in [0, 0.05) is 0 Å². The van der Waals surface area contributed by atoms with Crippen molar-refractivity contribution in [2.24, 2.45) is 21.8 Å². The Hall–Kier alpha value is -2.52. The van der Waals surface area contributed by atoms with E-state index < -0.39 is 24.0 Å². The number of carbonyl (C=O) groups is 2. The SMILES string of the molecule is CCOC(=O)O/N=C(N)/C(N)=N\OC(=O)OCC. The maximum atomic E-state index is 10.7. The molecule has 0 aliphatic heterocycles. The van der Waals surface area contributed by atoms with Gasteiger partial charge in [0.2, 0.25) is 11.7 Å². The van der Waals surface area contributed by atoms with Crippen molar-refractivity contribution in [2.75, 3.05) is 13.2 Å². The molecule has 102 valence electrons. The lowest BCUT2D eigenvalue weighted by atomic mass is 10.6. The fraction of sp³-hybridized carbons (Fsp3) is 0.500. The van der Waals surface area contributed by atoms with E-state index in [0.29, 0.717) is 0 Å². The van der Waals surface area contributed by atoms with Gasteiger partial charge in [-0.15, -0.1) is 0 Å². The van der Waals surface area contributed by atoms with Crippen molar-refractivity contribution in [2.45, 2.75) is 13.8 Å². The second-order valence-electron chi connectivity index (χ2n) is 2.50. The number of oxime groups is 2. The number of hydrogen-bond acceptors (Lipinski definition) is 8. The number of hydrogen-bond donors (Lipinski definition) is 2. The minimum absolute atomic E-state index is 0.115. The van der Waals surface area contributed by atoms with E-state index in [2.05, 4.69) is 29.5 Å². The van der Waals surface area contributed by atoms with Crippen LogP contribution in [0.5, 0.6) is 0 Å². The molecule has 0 fully saturated rings. The molecule has 0 radical (unpaired) electrons. The van der Waals surface area contributed by atoms with Gasteiger partial charge in [0.25, 0.3) is 0 Å². The third kappa shape index (κ3) is 6.87. The summed E-state index contributed by atoms with van der Waals surface area (Å²) in [5, 5.41) is 6.20. The maximum Gasteiger partial charge on any atom is 0.535 e. The molecule has 18 heavy (non-hydrogen) atoms. The summed E-state index contributed by atoms with van der Waals surface area (Å²) in [6, 6.07) is 0. The van der Waals surface area contributed by atoms with Gasteiger partial charge in [-0.25, -0.2) is 9.59 Å². The monoisotopic (exact) mass is 262 g/mol. The molecule has 10 heteroatoms. The standard InChI is InChI=1S/C8H14N4O6/c1-3-15-7(13)17-11-5(9)6(10)12-18-8(14)16-4-2/h3-4H2,1-2H3,(H2,9,11)(H2,10,12). The third-order valence-electron chi connectivity index (χ3n) is 1.22. The van der Waals surface area contributed by atoms with Gasteiger partial charge in [-0.05, 0) is 13.8 Å². The summed E-state index contributed by atoms with van der Waals surface area (Å²) in [4.78, 5) is 29.8. The lowest BCUT2D eigenvalue weighted by molar-refractivity contribution is 0.0593. The molecule has 0 bridgehead atoms. The van der Waals surface area contributed by atoms with E-state index in [9.17, 15) is 9.59 Å². The molecular weight excluding hydrogens is 248 g/mol. The van der Waals surface area contributed by atoms with Gasteiger partial charge in [0.05, 0.1) is 13.2 Å². The van der Waals surface area contributed by atoms with Crippen LogP contribution >= 0.6 is 0 Å². The summed E-state index contributed by atoms with van der Waals surface area (Å²) >= 11 is 0. The number of nitrogens with zero attached hydrogens (tertiary/aromatic N) is 2. The first kappa shape index (κ1) is 15.5. The molecule has 0 aliphatic rings. The molecule has 0 atom stereocenters. The lowest BCUT2D eigenvalue weighted by Gasteiger charge is -2.00. The summed E-state index contributed by atoms with van der Waals surface area (Å²) in [6.07, 6.45) is -2.11. The maximum absolute atomic E-state index is 10.7. The van der Waals surface area contributed by atoms with E-state index >= 15 is 0 Å². The smallest absolute Gasteiger partial charge is 0.433 e. The molecule has 0 saturated carbocycles. The van der Waals surface area contributed by atoms with Crippen LogP contribution in [0.25, 0.3) is 0 Å². The largest absolute Gasteiger partial charge is 0.535 e. The molecule has 0 aromatic carbocycles. The molecule has 0 heterocycles. The quantitative estimate of drug-likeness (QED) is 0.234. The zero-order valence-electron chi connectivity index (χ0n) is 9.91. The average Bonchev–Trinajstić information content (AvgIpc) is 2.33. The van der Waals surface area contributed by atoms with E-state index in [1.807, 2.05) is 0 Å². The Morgan fingerprint density at radius 1 is 0.889 bits per heavy atom. The van der Waals surface area contributed by atoms with Crippen molar-refractivity contribution in [1.82, 2.24) is 0 Å². The summed E-state index contributed by atoms with van der Waals surface area (Å²) in [7, 11) is 0. The molecule has 0 saturated heterocycles. The van der Waals surface area contributed by atoms with E-state index in [1.165, 1.54) is 0 Å². The molecule has 0 aliphatic carbocycles. The summed E-state index contributed by atoms with van der Waals surface area (Å²) < 4.78 is 8.78. The van der Waals surface area contributed by atoms with Gasteiger partial charge in [0.15, 0.2) is 0 Å². The second-order valence-corrected chi connectivity index (χ2v) is 2.50. The number of ether oxygens (including phenoxy) is 2. The molecule has 4 N–H and O–H groups in total. The highest BCUT2D eigenvalue weighted by Crippen LogP contribution is 1.88. The minimum atomic E-state index is -1.06. The van der Waals surface area contributed by atoms with Gasteiger partial charge in [-0.3, -0.25) is 9.68 Å².